The molecular formula is C13H25NO3S. The molecule has 2 aliphatic rings. The summed E-state index contributed by atoms with van der Waals surface area (Å²) in [4.78, 5) is 0. The Balaban J connectivity index is 2.06. The van der Waals surface area contributed by atoms with Crippen LogP contribution in [0.1, 0.15) is 46.0 Å². The molecule has 2 fully saturated rings. The summed E-state index contributed by atoms with van der Waals surface area (Å²) >= 11 is 0. The summed E-state index contributed by atoms with van der Waals surface area (Å²) in [6.45, 7) is 4.87. The molecule has 18 heavy (non-hydrogen) atoms. The first-order valence-corrected chi connectivity index (χ1v) is 8.65. The lowest BCUT2D eigenvalue weighted by Gasteiger charge is -2.46. The van der Waals surface area contributed by atoms with E-state index in [2.05, 4.69) is 0 Å². The Hall–Kier alpha value is -0.130. The van der Waals surface area contributed by atoms with Gasteiger partial charge in [-0.2, -0.15) is 0 Å². The Morgan fingerprint density at radius 1 is 1.33 bits per heavy atom. The van der Waals surface area contributed by atoms with E-state index in [1.165, 1.54) is 0 Å². The molecule has 5 heteroatoms. The van der Waals surface area contributed by atoms with Crippen LogP contribution in [0, 0.1) is 11.8 Å². The highest BCUT2D eigenvalue weighted by Gasteiger charge is 2.45. The normalized spacial score (nSPS) is 34.6. The molecule has 1 N–H and O–H groups in total. The van der Waals surface area contributed by atoms with Crippen LogP contribution in [0.15, 0.2) is 0 Å². The van der Waals surface area contributed by atoms with Crippen molar-refractivity contribution in [2.75, 3.05) is 18.8 Å². The number of hydrogen-bond donors (Lipinski definition) is 1. The van der Waals surface area contributed by atoms with Crippen LogP contribution in [0.25, 0.3) is 0 Å². The molecule has 0 aromatic carbocycles. The number of nitrogens with zero attached hydrogens (tertiary/aromatic N) is 1. The highest BCUT2D eigenvalue weighted by Crippen LogP contribution is 2.40. The van der Waals surface area contributed by atoms with Gasteiger partial charge in [-0.1, -0.05) is 26.7 Å². The summed E-state index contributed by atoms with van der Waals surface area (Å²) in [5.74, 6) is 0.516. The van der Waals surface area contributed by atoms with Crippen LogP contribution < -0.4 is 0 Å². The minimum absolute atomic E-state index is 0.141. The maximum atomic E-state index is 12.2. The van der Waals surface area contributed by atoms with Crippen LogP contribution in [-0.2, 0) is 10.0 Å². The molecule has 1 aliphatic heterocycles. The number of fused-ring (bicyclic) bond motifs is 1. The molecule has 106 valence electrons. The SMILES string of the molecule is CC(C)CS(=O)(=O)N1CCC2(O)CCCCC2C1. The summed E-state index contributed by atoms with van der Waals surface area (Å²) in [5, 5.41) is 10.5. The van der Waals surface area contributed by atoms with Gasteiger partial charge >= 0.3 is 0 Å². The van der Waals surface area contributed by atoms with E-state index >= 15 is 0 Å². The molecule has 0 aromatic rings. The van der Waals surface area contributed by atoms with Crippen molar-refractivity contribution in [3.05, 3.63) is 0 Å². The fraction of sp³-hybridized carbons (Fsp3) is 1.00. The van der Waals surface area contributed by atoms with E-state index in [4.69, 9.17) is 0 Å². The van der Waals surface area contributed by atoms with E-state index in [1.54, 1.807) is 4.31 Å². The van der Waals surface area contributed by atoms with Crippen LogP contribution in [0.2, 0.25) is 0 Å². The monoisotopic (exact) mass is 275 g/mol. The number of aliphatic hydroxyl groups is 1. The molecule has 4 nitrogen and oxygen atoms in total. The largest absolute Gasteiger partial charge is 0.390 e. The van der Waals surface area contributed by atoms with E-state index in [9.17, 15) is 13.5 Å². The van der Waals surface area contributed by atoms with Gasteiger partial charge in [0.05, 0.1) is 11.4 Å². The van der Waals surface area contributed by atoms with Crippen LogP contribution in [0.3, 0.4) is 0 Å². The van der Waals surface area contributed by atoms with Crippen molar-refractivity contribution in [3.63, 3.8) is 0 Å². The van der Waals surface area contributed by atoms with Crippen molar-refractivity contribution in [1.29, 1.82) is 0 Å². The number of rotatable bonds is 3. The van der Waals surface area contributed by atoms with Gasteiger partial charge in [0.2, 0.25) is 10.0 Å². The smallest absolute Gasteiger partial charge is 0.214 e. The zero-order valence-electron chi connectivity index (χ0n) is 11.4. The quantitative estimate of drug-likeness (QED) is 0.851. The molecule has 0 amide bonds. The average molecular weight is 275 g/mol. The minimum atomic E-state index is -3.14. The summed E-state index contributed by atoms with van der Waals surface area (Å²) in [6.07, 6.45) is 4.60. The third-order valence-corrected chi connectivity index (χ3v) is 6.53. The highest BCUT2D eigenvalue weighted by atomic mass is 32.2. The van der Waals surface area contributed by atoms with Crippen LogP contribution >= 0.6 is 0 Å². The number of piperidine rings is 1. The molecule has 1 saturated heterocycles. The fourth-order valence-corrected chi connectivity index (χ4v) is 5.15. The van der Waals surface area contributed by atoms with Gasteiger partial charge in [0, 0.05) is 19.0 Å². The Bertz CT molecular complexity index is 393. The maximum Gasteiger partial charge on any atom is 0.214 e. The van der Waals surface area contributed by atoms with Crippen molar-refractivity contribution >= 4 is 10.0 Å². The van der Waals surface area contributed by atoms with Gasteiger partial charge in [-0.3, -0.25) is 0 Å². The first-order valence-electron chi connectivity index (χ1n) is 7.04. The van der Waals surface area contributed by atoms with Crippen molar-refractivity contribution in [3.8, 4) is 0 Å². The molecule has 0 spiro atoms. The third kappa shape index (κ3) is 2.89. The second-order valence-corrected chi connectivity index (χ2v) is 8.34. The highest BCUT2D eigenvalue weighted by molar-refractivity contribution is 7.89. The lowest BCUT2D eigenvalue weighted by Crippen LogP contribution is -2.55. The third-order valence-electron chi connectivity index (χ3n) is 4.33. The topological polar surface area (TPSA) is 57.6 Å². The molecule has 0 aromatic heterocycles. The van der Waals surface area contributed by atoms with Crippen LogP contribution in [-0.4, -0.2) is 42.3 Å². The van der Waals surface area contributed by atoms with Crippen molar-refractivity contribution in [2.24, 2.45) is 11.8 Å². The molecule has 2 atom stereocenters. The fourth-order valence-electron chi connectivity index (χ4n) is 3.32. The summed E-state index contributed by atoms with van der Waals surface area (Å²) < 4.78 is 26.0. The van der Waals surface area contributed by atoms with Gasteiger partial charge in [-0.15, -0.1) is 0 Å². The molecule has 1 heterocycles. The molecule has 1 saturated carbocycles. The predicted molar refractivity (Wildman–Crippen MR) is 71.7 cm³/mol. The van der Waals surface area contributed by atoms with Gasteiger partial charge in [-0.25, -0.2) is 12.7 Å². The van der Waals surface area contributed by atoms with Crippen LogP contribution in [0.5, 0.6) is 0 Å². The summed E-state index contributed by atoms with van der Waals surface area (Å²) in [7, 11) is -3.14. The Morgan fingerprint density at radius 2 is 2.06 bits per heavy atom. The van der Waals surface area contributed by atoms with E-state index < -0.39 is 15.6 Å². The molecule has 0 radical (unpaired) electrons. The van der Waals surface area contributed by atoms with Crippen molar-refractivity contribution in [2.45, 2.75) is 51.6 Å². The number of hydrogen-bond acceptors (Lipinski definition) is 3. The van der Waals surface area contributed by atoms with Crippen LogP contribution in [0.4, 0.5) is 0 Å². The summed E-state index contributed by atoms with van der Waals surface area (Å²) in [5.41, 5.74) is -0.595. The maximum absolute atomic E-state index is 12.2. The average Bonchev–Trinajstić information content (AvgIpc) is 2.25. The molecule has 0 bridgehead atoms. The summed E-state index contributed by atoms with van der Waals surface area (Å²) in [6, 6.07) is 0. The van der Waals surface area contributed by atoms with Gasteiger partial charge in [-0.05, 0) is 25.2 Å². The van der Waals surface area contributed by atoms with E-state index in [1.807, 2.05) is 13.8 Å². The van der Waals surface area contributed by atoms with E-state index in [-0.39, 0.29) is 17.6 Å². The lowest BCUT2D eigenvalue weighted by atomic mass is 9.72. The molecular weight excluding hydrogens is 250 g/mol. The standard InChI is InChI=1S/C13H25NO3S/c1-11(2)10-18(16,17)14-8-7-13(15)6-4-3-5-12(13)9-14/h11-12,15H,3-10H2,1-2H3. The second-order valence-electron chi connectivity index (χ2n) is 6.33. The van der Waals surface area contributed by atoms with Gasteiger partial charge in [0.15, 0.2) is 0 Å². The van der Waals surface area contributed by atoms with Gasteiger partial charge < -0.3 is 5.11 Å². The Morgan fingerprint density at radius 3 is 2.72 bits per heavy atom. The lowest BCUT2D eigenvalue weighted by molar-refractivity contribution is -0.0816. The van der Waals surface area contributed by atoms with Crippen molar-refractivity contribution < 1.29 is 13.5 Å². The van der Waals surface area contributed by atoms with Gasteiger partial charge in [0.25, 0.3) is 0 Å². The molecule has 2 rings (SSSR count). The zero-order chi connectivity index (χ0) is 13.4. The molecule has 1 aliphatic carbocycles. The van der Waals surface area contributed by atoms with E-state index in [0.717, 1.165) is 25.7 Å². The number of sulfonamides is 1. The van der Waals surface area contributed by atoms with Gasteiger partial charge in [0.1, 0.15) is 0 Å². The Kier molecular flexibility index (Phi) is 4.04. The minimum Gasteiger partial charge on any atom is -0.390 e. The molecule has 2 unspecified atom stereocenters. The van der Waals surface area contributed by atoms with E-state index in [0.29, 0.717) is 19.5 Å². The van der Waals surface area contributed by atoms with Crippen molar-refractivity contribution in [1.82, 2.24) is 4.31 Å². The Labute approximate surface area is 110 Å². The first kappa shape index (κ1) is 14.3. The second kappa shape index (κ2) is 5.10. The first-order chi connectivity index (χ1) is 8.33. The zero-order valence-corrected chi connectivity index (χ0v) is 12.2. The predicted octanol–water partition coefficient (Wildman–Crippen LogP) is 1.60.